The summed E-state index contributed by atoms with van der Waals surface area (Å²) in [5.41, 5.74) is 0.143. The topological polar surface area (TPSA) is 72.2 Å². The van der Waals surface area contributed by atoms with Gasteiger partial charge in [-0.2, -0.15) is 0 Å². The molecule has 0 aliphatic heterocycles. The van der Waals surface area contributed by atoms with Crippen LogP contribution in [-0.2, 0) is 0 Å². The zero-order chi connectivity index (χ0) is 13.9. The molecule has 6 heteroatoms. The van der Waals surface area contributed by atoms with Crippen LogP contribution in [0.15, 0.2) is 22.7 Å². The molecule has 5 nitrogen and oxygen atoms in total. The van der Waals surface area contributed by atoms with E-state index in [1.807, 2.05) is 20.8 Å². The first-order chi connectivity index (χ1) is 8.20. The van der Waals surface area contributed by atoms with E-state index < -0.39 is 4.92 Å². The van der Waals surface area contributed by atoms with E-state index >= 15 is 0 Å². The molecule has 0 spiro atoms. The molecule has 0 saturated heterocycles. The Balaban J connectivity index is 2.87. The Morgan fingerprint density at radius 1 is 1.44 bits per heavy atom. The van der Waals surface area contributed by atoms with Crippen molar-refractivity contribution >= 4 is 27.5 Å². The first kappa shape index (κ1) is 14.6. The molecule has 1 aromatic carbocycles. The first-order valence-corrected chi connectivity index (χ1v) is 6.22. The van der Waals surface area contributed by atoms with Crippen molar-refractivity contribution < 1.29 is 9.72 Å². The van der Waals surface area contributed by atoms with Crippen LogP contribution in [0.2, 0.25) is 0 Å². The third kappa shape index (κ3) is 4.10. The second kappa shape index (κ2) is 5.48. The second-order valence-electron chi connectivity index (χ2n) is 5.17. The molecule has 1 amide bonds. The standard InChI is InChI=1S/C12H15BrN2O3/c1-12(2,3)7-14-11(16)8-4-5-9(13)10(6-8)15(17)18/h4-6H,7H2,1-3H3,(H,14,16). The number of halogens is 1. The number of carbonyl (C=O) groups excluding carboxylic acids is 1. The first-order valence-electron chi connectivity index (χ1n) is 5.43. The van der Waals surface area contributed by atoms with Crippen LogP contribution in [0.1, 0.15) is 31.1 Å². The van der Waals surface area contributed by atoms with E-state index in [4.69, 9.17) is 0 Å². The van der Waals surface area contributed by atoms with E-state index in [-0.39, 0.29) is 22.6 Å². The van der Waals surface area contributed by atoms with Gasteiger partial charge in [-0.3, -0.25) is 14.9 Å². The molecule has 0 aromatic heterocycles. The Kier molecular flexibility index (Phi) is 4.45. The number of hydrogen-bond acceptors (Lipinski definition) is 3. The lowest BCUT2D eigenvalue weighted by Gasteiger charge is -2.18. The number of carbonyl (C=O) groups is 1. The van der Waals surface area contributed by atoms with Gasteiger partial charge in [-0.1, -0.05) is 20.8 Å². The van der Waals surface area contributed by atoms with Crippen molar-refractivity contribution in [2.24, 2.45) is 5.41 Å². The lowest BCUT2D eigenvalue weighted by molar-refractivity contribution is -0.385. The molecule has 1 aromatic rings. The quantitative estimate of drug-likeness (QED) is 0.688. The van der Waals surface area contributed by atoms with Crippen LogP contribution >= 0.6 is 15.9 Å². The molecule has 1 N–H and O–H groups in total. The summed E-state index contributed by atoms with van der Waals surface area (Å²) in [6.07, 6.45) is 0. The number of nitrogens with zero attached hydrogens (tertiary/aromatic N) is 1. The van der Waals surface area contributed by atoms with Crippen LogP contribution in [0.4, 0.5) is 5.69 Å². The Bertz CT molecular complexity index is 481. The van der Waals surface area contributed by atoms with E-state index in [1.165, 1.54) is 12.1 Å². The van der Waals surface area contributed by atoms with Gasteiger partial charge in [0, 0.05) is 18.2 Å². The maximum atomic E-state index is 11.8. The Morgan fingerprint density at radius 2 is 2.06 bits per heavy atom. The molecule has 0 atom stereocenters. The van der Waals surface area contributed by atoms with Gasteiger partial charge < -0.3 is 5.32 Å². The molecule has 0 bridgehead atoms. The normalized spacial score (nSPS) is 11.1. The van der Waals surface area contributed by atoms with Gasteiger partial charge in [0.25, 0.3) is 11.6 Å². The smallest absolute Gasteiger partial charge is 0.284 e. The molecule has 0 unspecified atom stereocenters. The fourth-order valence-corrected chi connectivity index (χ4v) is 1.63. The van der Waals surface area contributed by atoms with Crippen molar-refractivity contribution in [3.63, 3.8) is 0 Å². The Hall–Kier alpha value is -1.43. The number of benzene rings is 1. The predicted molar refractivity (Wildman–Crippen MR) is 72.6 cm³/mol. The van der Waals surface area contributed by atoms with Gasteiger partial charge in [0.1, 0.15) is 0 Å². The molecular weight excluding hydrogens is 300 g/mol. The molecule has 0 aliphatic rings. The highest BCUT2D eigenvalue weighted by molar-refractivity contribution is 9.10. The minimum atomic E-state index is -0.523. The summed E-state index contributed by atoms with van der Waals surface area (Å²) in [6.45, 7) is 6.50. The van der Waals surface area contributed by atoms with Gasteiger partial charge in [-0.05, 0) is 33.5 Å². The lowest BCUT2D eigenvalue weighted by atomic mass is 9.97. The third-order valence-corrected chi connectivity index (χ3v) is 2.85. The van der Waals surface area contributed by atoms with E-state index in [2.05, 4.69) is 21.2 Å². The number of rotatable bonds is 3. The molecule has 18 heavy (non-hydrogen) atoms. The number of nitro benzene ring substituents is 1. The van der Waals surface area contributed by atoms with Crippen LogP contribution in [0.25, 0.3) is 0 Å². The highest BCUT2D eigenvalue weighted by Gasteiger charge is 2.17. The Labute approximate surface area is 114 Å². The van der Waals surface area contributed by atoms with Crippen molar-refractivity contribution in [2.45, 2.75) is 20.8 Å². The number of amides is 1. The highest BCUT2D eigenvalue weighted by Crippen LogP contribution is 2.25. The van der Waals surface area contributed by atoms with Gasteiger partial charge in [0.05, 0.1) is 9.40 Å². The van der Waals surface area contributed by atoms with E-state index in [0.717, 1.165) is 0 Å². The van der Waals surface area contributed by atoms with Crippen molar-refractivity contribution in [3.8, 4) is 0 Å². The zero-order valence-electron chi connectivity index (χ0n) is 10.5. The number of hydrogen-bond donors (Lipinski definition) is 1. The molecule has 98 valence electrons. The summed E-state index contributed by atoms with van der Waals surface area (Å²) >= 11 is 3.08. The Morgan fingerprint density at radius 3 is 2.56 bits per heavy atom. The average Bonchev–Trinajstić information content (AvgIpc) is 2.25. The molecule has 0 radical (unpaired) electrons. The van der Waals surface area contributed by atoms with Crippen LogP contribution in [0.3, 0.4) is 0 Å². The SMILES string of the molecule is CC(C)(C)CNC(=O)c1ccc(Br)c([N+](=O)[O-])c1. The van der Waals surface area contributed by atoms with Gasteiger partial charge in [-0.15, -0.1) is 0 Å². The minimum absolute atomic E-state index is 0.0308. The summed E-state index contributed by atoms with van der Waals surface area (Å²) in [5, 5.41) is 13.5. The van der Waals surface area contributed by atoms with Crippen LogP contribution in [0.5, 0.6) is 0 Å². The number of nitro groups is 1. The van der Waals surface area contributed by atoms with Gasteiger partial charge >= 0.3 is 0 Å². The van der Waals surface area contributed by atoms with Crippen molar-refractivity contribution in [1.82, 2.24) is 5.32 Å². The monoisotopic (exact) mass is 314 g/mol. The molecule has 0 fully saturated rings. The van der Waals surface area contributed by atoms with Crippen molar-refractivity contribution in [1.29, 1.82) is 0 Å². The second-order valence-corrected chi connectivity index (χ2v) is 6.02. The summed E-state index contributed by atoms with van der Waals surface area (Å²) in [4.78, 5) is 22.1. The summed E-state index contributed by atoms with van der Waals surface area (Å²) in [7, 11) is 0. The largest absolute Gasteiger partial charge is 0.352 e. The highest BCUT2D eigenvalue weighted by atomic mass is 79.9. The van der Waals surface area contributed by atoms with Crippen LogP contribution < -0.4 is 5.32 Å². The predicted octanol–water partition coefficient (Wildman–Crippen LogP) is 3.13. The van der Waals surface area contributed by atoms with Gasteiger partial charge in [0.2, 0.25) is 0 Å². The van der Waals surface area contributed by atoms with Crippen molar-refractivity contribution in [2.75, 3.05) is 6.54 Å². The summed E-state index contributed by atoms with van der Waals surface area (Å²) in [5.74, 6) is -0.305. The van der Waals surface area contributed by atoms with E-state index in [0.29, 0.717) is 11.0 Å². The minimum Gasteiger partial charge on any atom is -0.352 e. The zero-order valence-corrected chi connectivity index (χ0v) is 12.1. The maximum absolute atomic E-state index is 11.8. The van der Waals surface area contributed by atoms with Crippen LogP contribution in [0, 0.1) is 15.5 Å². The molecule has 1 rings (SSSR count). The van der Waals surface area contributed by atoms with Gasteiger partial charge in [0.15, 0.2) is 0 Å². The summed E-state index contributed by atoms with van der Waals surface area (Å²) < 4.78 is 0.361. The summed E-state index contributed by atoms with van der Waals surface area (Å²) in [6, 6.07) is 4.32. The molecular formula is C12H15BrN2O3. The van der Waals surface area contributed by atoms with E-state index in [9.17, 15) is 14.9 Å². The molecule has 0 heterocycles. The van der Waals surface area contributed by atoms with Crippen molar-refractivity contribution in [3.05, 3.63) is 38.3 Å². The lowest BCUT2D eigenvalue weighted by Crippen LogP contribution is -2.32. The van der Waals surface area contributed by atoms with Crippen LogP contribution in [-0.4, -0.2) is 17.4 Å². The number of nitrogens with one attached hydrogen (secondary N) is 1. The average molecular weight is 315 g/mol. The third-order valence-electron chi connectivity index (χ3n) is 2.18. The maximum Gasteiger partial charge on any atom is 0.284 e. The van der Waals surface area contributed by atoms with Gasteiger partial charge in [-0.25, -0.2) is 0 Å². The molecule has 0 saturated carbocycles. The fourth-order valence-electron chi connectivity index (χ4n) is 1.24. The fraction of sp³-hybridized carbons (Fsp3) is 0.417. The molecule has 0 aliphatic carbocycles. The van der Waals surface area contributed by atoms with E-state index in [1.54, 1.807) is 6.07 Å².